The third-order valence-electron chi connectivity index (χ3n) is 1.29. The molecular weight excluding hydrogens is 158 g/mol. The Balaban J connectivity index is 4.03. The van der Waals surface area contributed by atoms with Crippen LogP contribution in [0.5, 0.6) is 0 Å². The number of nitrogens with two attached hydrogens (primary N) is 1. The summed E-state index contributed by atoms with van der Waals surface area (Å²) in [4.78, 5) is 21.3. The van der Waals surface area contributed by atoms with E-state index in [1.54, 1.807) is 0 Å². The van der Waals surface area contributed by atoms with Crippen molar-refractivity contribution in [2.45, 2.75) is 25.9 Å². The van der Waals surface area contributed by atoms with Crippen LogP contribution in [-0.4, -0.2) is 18.0 Å². The van der Waals surface area contributed by atoms with Gasteiger partial charge in [-0.2, -0.15) is 0 Å². The lowest BCUT2D eigenvalue weighted by Crippen LogP contribution is -2.32. The van der Waals surface area contributed by atoms with Gasteiger partial charge in [-0.1, -0.05) is 19.9 Å². The number of hydrogen-bond acceptors (Lipinski definition) is 3. The van der Waals surface area contributed by atoms with Crippen LogP contribution in [0.2, 0.25) is 0 Å². The van der Waals surface area contributed by atoms with Crippen molar-refractivity contribution < 1.29 is 14.3 Å². The highest BCUT2D eigenvalue weighted by Gasteiger charge is 2.17. The summed E-state index contributed by atoms with van der Waals surface area (Å²) in [5, 5.41) is 0. The molecule has 12 heavy (non-hydrogen) atoms. The van der Waals surface area contributed by atoms with Crippen LogP contribution in [-0.2, 0) is 14.3 Å². The molecule has 0 aromatic carbocycles. The number of ether oxygens (including phenoxy) is 1. The smallest absolute Gasteiger partial charge is 0.330 e. The summed E-state index contributed by atoms with van der Waals surface area (Å²) in [5.74, 6) is -1.24. The summed E-state index contributed by atoms with van der Waals surface area (Å²) >= 11 is 0. The third kappa shape index (κ3) is 3.75. The van der Waals surface area contributed by atoms with Gasteiger partial charge in [0.1, 0.15) is 0 Å². The molecule has 0 aromatic rings. The molecule has 0 saturated carbocycles. The molecule has 0 aliphatic rings. The molecule has 0 saturated heterocycles. The maximum absolute atomic E-state index is 10.7. The number of rotatable bonds is 5. The fourth-order valence-electron chi connectivity index (χ4n) is 0.710. The van der Waals surface area contributed by atoms with Crippen molar-refractivity contribution in [2.24, 2.45) is 5.73 Å². The predicted octanol–water partition coefficient (Wildman–Crippen LogP) is 0.370. The highest BCUT2D eigenvalue weighted by atomic mass is 16.5. The quantitative estimate of drug-likeness (QED) is 0.480. The van der Waals surface area contributed by atoms with Crippen LogP contribution in [0.4, 0.5) is 0 Å². The van der Waals surface area contributed by atoms with E-state index in [1.165, 1.54) is 0 Å². The fraction of sp³-hybridized carbons (Fsp3) is 0.500. The maximum Gasteiger partial charge on any atom is 0.330 e. The van der Waals surface area contributed by atoms with Gasteiger partial charge in [-0.05, 0) is 6.42 Å². The lowest BCUT2D eigenvalue weighted by Gasteiger charge is -2.11. The number of primary amides is 1. The number of hydrogen-bond donors (Lipinski definition) is 1. The zero-order valence-electron chi connectivity index (χ0n) is 7.08. The largest absolute Gasteiger partial charge is 0.449 e. The predicted molar refractivity (Wildman–Crippen MR) is 44.2 cm³/mol. The summed E-state index contributed by atoms with van der Waals surface area (Å²) in [6.45, 7) is 5.08. The minimum Gasteiger partial charge on any atom is -0.449 e. The molecule has 0 aliphatic carbocycles. The van der Waals surface area contributed by atoms with E-state index in [2.05, 4.69) is 11.3 Å². The minimum atomic E-state index is -0.819. The molecule has 0 aliphatic heterocycles. The van der Waals surface area contributed by atoms with Crippen LogP contribution < -0.4 is 5.73 Å². The summed E-state index contributed by atoms with van der Waals surface area (Å²) in [5.41, 5.74) is 4.98. The van der Waals surface area contributed by atoms with E-state index in [0.29, 0.717) is 6.42 Å². The van der Waals surface area contributed by atoms with E-state index in [-0.39, 0.29) is 0 Å². The van der Waals surface area contributed by atoms with Gasteiger partial charge in [0.05, 0.1) is 0 Å². The Labute approximate surface area is 71.4 Å². The molecule has 2 N–H and O–H groups in total. The van der Waals surface area contributed by atoms with Gasteiger partial charge in [0.2, 0.25) is 0 Å². The highest BCUT2D eigenvalue weighted by molar-refractivity contribution is 5.86. The van der Waals surface area contributed by atoms with E-state index < -0.39 is 18.0 Å². The van der Waals surface area contributed by atoms with Crippen LogP contribution in [0.1, 0.15) is 19.8 Å². The Kier molecular flexibility index (Phi) is 4.76. The molecule has 1 atom stereocenters. The van der Waals surface area contributed by atoms with Gasteiger partial charge in [0.25, 0.3) is 5.91 Å². The monoisotopic (exact) mass is 171 g/mol. The molecule has 4 nitrogen and oxygen atoms in total. The molecule has 0 radical (unpaired) electrons. The highest BCUT2D eigenvalue weighted by Crippen LogP contribution is 2.01. The van der Waals surface area contributed by atoms with Gasteiger partial charge in [-0.3, -0.25) is 4.79 Å². The molecular formula is C8H13NO3. The summed E-state index contributed by atoms with van der Waals surface area (Å²) in [6, 6.07) is 0. The first kappa shape index (κ1) is 10.7. The maximum atomic E-state index is 10.7. The van der Waals surface area contributed by atoms with Gasteiger partial charge in [0, 0.05) is 6.08 Å². The number of amides is 1. The Morgan fingerprint density at radius 2 is 2.25 bits per heavy atom. The second-order valence-corrected chi connectivity index (χ2v) is 2.32. The van der Waals surface area contributed by atoms with E-state index in [4.69, 9.17) is 5.73 Å². The Morgan fingerprint density at radius 1 is 1.67 bits per heavy atom. The van der Waals surface area contributed by atoms with Crippen LogP contribution in [0.15, 0.2) is 12.7 Å². The van der Waals surface area contributed by atoms with E-state index in [9.17, 15) is 9.59 Å². The minimum absolute atomic E-state index is 0.453. The molecule has 0 heterocycles. The molecule has 0 bridgehead atoms. The van der Waals surface area contributed by atoms with Gasteiger partial charge < -0.3 is 10.5 Å². The number of carbonyl (C=O) groups is 2. The van der Waals surface area contributed by atoms with Gasteiger partial charge >= 0.3 is 5.97 Å². The van der Waals surface area contributed by atoms with Gasteiger partial charge in [-0.15, -0.1) is 0 Å². The molecule has 1 amide bonds. The number of carbonyl (C=O) groups excluding carboxylic acids is 2. The number of esters is 1. The van der Waals surface area contributed by atoms with Crippen molar-refractivity contribution in [3.05, 3.63) is 12.7 Å². The lowest BCUT2D eigenvalue weighted by molar-refractivity contribution is -0.150. The summed E-state index contributed by atoms with van der Waals surface area (Å²) in [6.07, 6.45) is 1.37. The standard InChI is InChI=1S/C8H13NO3/c1-3-5-6(8(9)11)12-7(10)4-2/h4,6H,2-3,5H2,1H3,(H2,9,11). The van der Waals surface area contributed by atoms with Crippen molar-refractivity contribution in [3.63, 3.8) is 0 Å². The normalized spacial score (nSPS) is 11.8. The zero-order valence-corrected chi connectivity index (χ0v) is 7.08. The SMILES string of the molecule is C=CC(=O)OC(CCC)C(N)=O. The molecule has 0 rings (SSSR count). The van der Waals surface area contributed by atoms with E-state index in [1.807, 2.05) is 6.92 Å². The van der Waals surface area contributed by atoms with E-state index in [0.717, 1.165) is 12.5 Å². The van der Waals surface area contributed by atoms with Crippen molar-refractivity contribution in [3.8, 4) is 0 Å². The molecule has 0 spiro atoms. The first-order valence-corrected chi connectivity index (χ1v) is 3.74. The van der Waals surface area contributed by atoms with Crippen molar-refractivity contribution >= 4 is 11.9 Å². The fourth-order valence-corrected chi connectivity index (χ4v) is 0.710. The summed E-state index contributed by atoms with van der Waals surface area (Å²) in [7, 11) is 0. The van der Waals surface area contributed by atoms with Crippen molar-refractivity contribution in [2.75, 3.05) is 0 Å². The lowest BCUT2D eigenvalue weighted by atomic mass is 10.2. The van der Waals surface area contributed by atoms with Crippen molar-refractivity contribution in [1.82, 2.24) is 0 Å². The molecule has 0 fully saturated rings. The van der Waals surface area contributed by atoms with Crippen LogP contribution >= 0.6 is 0 Å². The van der Waals surface area contributed by atoms with Crippen LogP contribution in [0, 0.1) is 0 Å². The average Bonchev–Trinajstić information content (AvgIpc) is 2.03. The third-order valence-corrected chi connectivity index (χ3v) is 1.29. The average molecular weight is 171 g/mol. The zero-order chi connectivity index (χ0) is 9.56. The van der Waals surface area contributed by atoms with Crippen LogP contribution in [0.3, 0.4) is 0 Å². The van der Waals surface area contributed by atoms with Crippen LogP contribution in [0.25, 0.3) is 0 Å². The Hall–Kier alpha value is -1.32. The molecule has 4 heteroatoms. The van der Waals surface area contributed by atoms with Gasteiger partial charge in [0.15, 0.2) is 6.10 Å². The second-order valence-electron chi connectivity index (χ2n) is 2.32. The van der Waals surface area contributed by atoms with Crippen molar-refractivity contribution in [1.29, 1.82) is 0 Å². The summed E-state index contributed by atoms with van der Waals surface area (Å²) < 4.78 is 4.67. The first-order chi connectivity index (χ1) is 5.61. The molecule has 68 valence electrons. The second kappa shape index (κ2) is 5.35. The van der Waals surface area contributed by atoms with Gasteiger partial charge in [-0.25, -0.2) is 4.79 Å². The Bertz CT molecular complexity index is 189. The topological polar surface area (TPSA) is 69.4 Å². The van der Waals surface area contributed by atoms with E-state index >= 15 is 0 Å². The first-order valence-electron chi connectivity index (χ1n) is 3.74. The Morgan fingerprint density at radius 3 is 2.58 bits per heavy atom. The molecule has 1 unspecified atom stereocenters. The molecule has 0 aromatic heterocycles.